The topological polar surface area (TPSA) is 92.2 Å². The number of benzene rings is 1. The van der Waals surface area contributed by atoms with E-state index in [1.807, 2.05) is 31.2 Å². The van der Waals surface area contributed by atoms with E-state index in [1.165, 1.54) is 6.21 Å². The molecule has 6 heteroatoms. The summed E-state index contributed by atoms with van der Waals surface area (Å²) in [6, 6.07) is 7.66. The molecule has 0 atom stereocenters. The maximum Gasteiger partial charge on any atom is 0.237 e. The highest BCUT2D eigenvalue weighted by molar-refractivity contribution is 5.77. The van der Waals surface area contributed by atoms with Crippen molar-refractivity contribution in [2.45, 2.75) is 6.92 Å². The normalized spacial score (nSPS) is 11.8. The van der Waals surface area contributed by atoms with E-state index in [9.17, 15) is 0 Å². The van der Waals surface area contributed by atoms with Gasteiger partial charge in [0.05, 0.1) is 6.21 Å². The molecule has 1 aromatic carbocycles. The largest absolute Gasteiger partial charge is 0.488 e. The molecule has 0 radical (unpaired) electrons. The van der Waals surface area contributed by atoms with E-state index in [2.05, 4.69) is 10.2 Å². The van der Waals surface area contributed by atoms with Crippen LogP contribution in [0.25, 0.3) is 0 Å². The second-order valence-electron chi connectivity index (χ2n) is 2.97. The summed E-state index contributed by atoms with van der Waals surface area (Å²) in [6.45, 7) is 2.24. The van der Waals surface area contributed by atoms with Gasteiger partial charge in [0.1, 0.15) is 12.4 Å². The Morgan fingerprint density at radius 1 is 1.56 bits per heavy atom. The molecule has 4 N–H and O–H groups in total. The SMILES string of the molecule is Cc1ccccc1OCC=NN=C(N)NO. The van der Waals surface area contributed by atoms with Gasteiger partial charge in [-0.1, -0.05) is 18.2 Å². The Kier molecular flexibility index (Phi) is 4.81. The van der Waals surface area contributed by atoms with Gasteiger partial charge >= 0.3 is 0 Å². The highest BCUT2D eigenvalue weighted by Gasteiger charge is 1.94. The van der Waals surface area contributed by atoms with Gasteiger partial charge in [-0.25, -0.2) is 5.48 Å². The first-order chi connectivity index (χ1) is 7.74. The van der Waals surface area contributed by atoms with E-state index in [4.69, 9.17) is 15.7 Å². The molecule has 0 saturated heterocycles. The van der Waals surface area contributed by atoms with Crippen LogP contribution in [0, 0.1) is 6.92 Å². The number of para-hydroxylation sites is 1. The Morgan fingerprint density at radius 2 is 2.31 bits per heavy atom. The number of hydroxylamine groups is 1. The zero-order chi connectivity index (χ0) is 11.8. The highest BCUT2D eigenvalue weighted by Crippen LogP contribution is 2.15. The predicted octanol–water partition coefficient (Wildman–Crippen LogP) is 0.653. The summed E-state index contributed by atoms with van der Waals surface area (Å²) in [5.41, 5.74) is 7.83. The fourth-order valence-electron chi connectivity index (χ4n) is 1.00. The number of guanidine groups is 1. The van der Waals surface area contributed by atoms with Crippen molar-refractivity contribution in [1.82, 2.24) is 5.48 Å². The standard InChI is InChI=1S/C10H14N4O2/c1-8-4-2-3-5-9(8)16-7-6-12-13-10(11)14-15/h2-6,15H,7H2,1H3,(H3,11,13,14). The fourth-order valence-corrected chi connectivity index (χ4v) is 1.00. The van der Waals surface area contributed by atoms with Gasteiger partial charge in [-0.05, 0) is 18.6 Å². The van der Waals surface area contributed by atoms with Gasteiger partial charge in [0.15, 0.2) is 0 Å². The molecular weight excluding hydrogens is 208 g/mol. The van der Waals surface area contributed by atoms with E-state index in [1.54, 1.807) is 5.48 Å². The van der Waals surface area contributed by atoms with Crippen LogP contribution in [0.4, 0.5) is 0 Å². The minimum absolute atomic E-state index is 0.174. The number of nitrogens with one attached hydrogen (secondary N) is 1. The molecule has 0 aliphatic heterocycles. The van der Waals surface area contributed by atoms with Gasteiger partial charge in [0, 0.05) is 0 Å². The average molecular weight is 222 g/mol. The summed E-state index contributed by atoms with van der Waals surface area (Å²) in [5.74, 6) is 0.623. The number of hydrogen-bond acceptors (Lipinski definition) is 4. The van der Waals surface area contributed by atoms with Gasteiger partial charge in [-0.2, -0.15) is 5.10 Å². The van der Waals surface area contributed by atoms with Crippen molar-refractivity contribution in [3.8, 4) is 5.75 Å². The van der Waals surface area contributed by atoms with E-state index < -0.39 is 0 Å². The Balaban J connectivity index is 2.39. The van der Waals surface area contributed by atoms with Crippen molar-refractivity contribution in [3.05, 3.63) is 29.8 Å². The monoisotopic (exact) mass is 222 g/mol. The number of nitrogens with two attached hydrogens (primary N) is 1. The lowest BCUT2D eigenvalue weighted by Gasteiger charge is -2.04. The quantitative estimate of drug-likeness (QED) is 0.396. The molecule has 16 heavy (non-hydrogen) atoms. The van der Waals surface area contributed by atoms with Crippen LogP contribution in [0.2, 0.25) is 0 Å². The minimum Gasteiger partial charge on any atom is -0.488 e. The molecule has 1 aromatic rings. The third-order valence-corrected chi connectivity index (χ3v) is 1.77. The number of aryl methyl sites for hydroxylation is 1. The molecule has 1 rings (SSSR count). The first-order valence-corrected chi connectivity index (χ1v) is 4.67. The van der Waals surface area contributed by atoms with Gasteiger partial charge in [0.25, 0.3) is 0 Å². The maximum atomic E-state index is 8.29. The highest BCUT2D eigenvalue weighted by atomic mass is 16.5. The van der Waals surface area contributed by atoms with Gasteiger partial charge in [-0.15, -0.1) is 5.10 Å². The average Bonchev–Trinajstić information content (AvgIpc) is 2.30. The van der Waals surface area contributed by atoms with Crippen molar-refractivity contribution in [1.29, 1.82) is 0 Å². The van der Waals surface area contributed by atoms with Crippen LogP contribution < -0.4 is 16.0 Å². The molecule has 0 aromatic heterocycles. The number of ether oxygens (including phenoxy) is 1. The van der Waals surface area contributed by atoms with E-state index in [-0.39, 0.29) is 12.6 Å². The van der Waals surface area contributed by atoms with E-state index in [0.717, 1.165) is 11.3 Å². The lowest BCUT2D eigenvalue weighted by molar-refractivity contribution is 0.232. The maximum absolute atomic E-state index is 8.29. The lowest BCUT2D eigenvalue weighted by atomic mass is 10.2. The van der Waals surface area contributed by atoms with Crippen molar-refractivity contribution in [3.63, 3.8) is 0 Å². The second kappa shape index (κ2) is 6.41. The van der Waals surface area contributed by atoms with E-state index >= 15 is 0 Å². The second-order valence-corrected chi connectivity index (χ2v) is 2.97. The molecule has 0 aliphatic carbocycles. The molecule has 0 fully saturated rings. The van der Waals surface area contributed by atoms with Crippen LogP contribution in [-0.2, 0) is 0 Å². The summed E-state index contributed by atoms with van der Waals surface area (Å²) in [7, 11) is 0. The number of hydrogen-bond donors (Lipinski definition) is 3. The Morgan fingerprint density at radius 3 is 3.00 bits per heavy atom. The van der Waals surface area contributed by atoms with Crippen molar-refractivity contribution in [2.24, 2.45) is 15.9 Å². The zero-order valence-electron chi connectivity index (χ0n) is 8.92. The van der Waals surface area contributed by atoms with Crippen molar-refractivity contribution in [2.75, 3.05) is 6.61 Å². The molecule has 86 valence electrons. The molecular formula is C10H14N4O2. The molecule has 0 heterocycles. The van der Waals surface area contributed by atoms with Crippen LogP contribution >= 0.6 is 0 Å². The van der Waals surface area contributed by atoms with Crippen LogP contribution in [0.5, 0.6) is 5.75 Å². The molecule has 0 saturated carbocycles. The molecule has 0 aliphatic rings. The zero-order valence-corrected chi connectivity index (χ0v) is 8.92. The first-order valence-electron chi connectivity index (χ1n) is 4.67. The summed E-state index contributed by atoms with van der Waals surface area (Å²) in [4.78, 5) is 0. The third-order valence-electron chi connectivity index (χ3n) is 1.77. The van der Waals surface area contributed by atoms with Gasteiger partial charge < -0.3 is 10.5 Å². The summed E-state index contributed by atoms with van der Waals surface area (Å²) >= 11 is 0. The summed E-state index contributed by atoms with van der Waals surface area (Å²) in [5, 5.41) is 15.3. The smallest absolute Gasteiger partial charge is 0.237 e. The van der Waals surface area contributed by atoms with E-state index in [0.29, 0.717) is 0 Å². The number of rotatable bonds is 4. The Hall–Kier alpha value is -2.08. The third kappa shape index (κ3) is 3.97. The molecule has 0 bridgehead atoms. The fraction of sp³-hybridized carbons (Fsp3) is 0.200. The van der Waals surface area contributed by atoms with Crippen LogP contribution in [0.15, 0.2) is 34.5 Å². The van der Waals surface area contributed by atoms with Crippen LogP contribution in [0.3, 0.4) is 0 Å². The molecule has 6 nitrogen and oxygen atoms in total. The first kappa shape index (κ1) is 12.0. The minimum atomic E-state index is -0.174. The van der Waals surface area contributed by atoms with Gasteiger partial charge in [-0.3, -0.25) is 5.21 Å². The summed E-state index contributed by atoms with van der Waals surface area (Å²) in [6.07, 6.45) is 1.44. The number of nitrogens with zero attached hydrogens (tertiary/aromatic N) is 2. The van der Waals surface area contributed by atoms with Crippen LogP contribution in [0.1, 0.15) is 5.56 Å². The van der Waals surface area contributed by atoms with Gasteiger partial charge in [0.2, 0.25) is 5.96 Å². The summed E-state index contributed by atoms with van der Waals surface area (Å²) < 4.78 is 5.41. The predicted molar refractivity (Wildman–Crippen MR) is 61.7 cm³/mol. The molecule has 0 amide bonds. The molecule has 0 spiro atoms. The molecule has 0 unspecified atom stereocenters. The van der Waals surface area contributed by atoms with Crippen molar-refractivity contribution < 1.29 is 9.94 Å². The van der Waals surface area contributed by atoms with Crippen molar-refractivity contribution >= 4 is 12.2 Å². The Labute approximate surface area is 93.4 Å². The van der Waals surface area contributed by atoms with Crippen LogP contribution in [-0.4, -0.2) is 24.0 Å². The Bertz CT molecular complexity index is 390. The lowest BCUT2D eigenvalue weighted by Crippen LogP contribution is -2.27.